The van der Waals surface area contributed by atoms with Crippen LogP contribution in [-0.4, -0.2) is 16.3 Å². The molecule has 0 heterocycles. The van der Waals surface area contributed by atoms with Crippen molar-refractivity contribution >= 4 is 5.91 Å². The molecule has 1 amide bonds. The van der Waals surface area contributed by atoms with Crippen molar-refractivity contribution in [3.05, 3.63) is 12.3 Å². The maximum absolute atomic E-state index is 11.2. The van der Waals surface area contributed by atoms with Gasteiger partial charge in [-0.05, 0) is 20.8 Å². The van der Waals surface area contributed by atoms with Crippen LogP contribution in [0, 0.1) is 12.3 Å². The van der Waals surface area contributed by atoms with E-state index in [4.69, 9.17) is 6.42 Å². The summed E-state index contributed by atoms with van der Waals surface area (Å²) in [4.78, 5) is 12.7. The second kappa shape index (κ2) is 3.44. The SMILES string of the molecule is C#CC(=C)N(C(C)=O)C(C)(C)C. The van der Waals surface area contributed by atoms with Gasteiger partial charge in [0.15, 0.2) is 0 Å². The summed E-state index contributed by atoms with van der Waals surface area (Å²) in [7, 11) is 0. The van der Waals surface area contributed by atoms with Crippen molar-refractivity contribution in [3.63, 3.8) is 0 Å². The Hall–Kier alpha value is -1.23. The highest BCUT2D eigenvalue weighted by molar-refractivity contribution is 5.77. The molecular formula is C10H15NO. The summed E-state index contributed by atoms with van der Waals surface area (Å²) < 4.78 is 0. The maximum Gasteiger partial charge on any atom is 0.224 e. The Kier molecular flexibility index (Phi) is 3.09. The van der Waals surface area contributed by atoms with Gasteiger partial charge in [-0.2, -0.15) is 0 Å². The van der Waals surface area contributed by atoms with E-state index in [2.05, 4.69) is 12.5 Å². The number of allylic oxidation sites excluding steroid dienone is 1. The van der Waals surface area contributed by atoms with Gasteiger partial charge >= 0.3 is 0 Å². The molecule has 0 bridgehead atoms. The molecule has 2 heteroatoms. The number of terminal acetylenes is 1. The molecule has 0 fully saturated rings. The molecule has 0 saturated carbocycles. The third kappa shape index (κ3) is 2.43. The summed E-state index contributed by atoms with van der Waals surface area (Å²) in [6, 6.07) is 0. The predicted octanol–water partition coefficient (Wildman–Crippen LogP) is 1.78. The van der Waals surface area contributed by atoms with Crippen LogP contribution in [0.1, 0.15) is 27.7 Å². The van der Waals surface area contributed by atoms with Gasteiger partial charge in [-0.15, -0.1) is 6.42 Å². The minimum absolute atomic E-state index is 0.0783. The first-order chi connectivity index (χ1) is 5.30. The van der Waals surface area contributed by atoms with E-state index in [1.807, 2.05) is 20.8 Å². The molecule has 0 aromatic heterocycles. The van der Waals surface area contributed by atoms with Gasteiger partial charge in [-0.1, -0.05) is 12.5 Å². The third-order valence-electron chi connectivity index (χ3n) is 1.42. The summed E-state index contributed by atoms with van der Waals surface area (Å²) in [6.07, 6.45) is 5.16. The first-order valence-corrected chi connectivity index (χ1v) is 3.77. The highest BCUT2D eigenvalue weighted by Crippen LogP contribution is 2.17. The first kappa shape index (κ1) is 10.8. The average Bonchev–Trinajstić information content (AvgIpc) is 1.83. The van der Waals surface area contributed by atoms with Gasteiger partial charge in [-0.25, -0.2) is 0 Å². The largest absolute Gasteiger partial charge is 0.300 e. The fourth-order valence-corrected chi connectivity index (χ4v) is 1.13. The van der Waals surface area contributed by atoms with E-state index in [1.165, 1.54) is 11.8 Å². The van der Waals surface area contributed by atoms with Crippen molar-refractivity contribution < 1.29 is 4.79 Å². The fraction of sp³-hybridized carbons (Fsp3) is 0.500. The van der Waals surface area contributed by atoms with Gasteiger partial charge in [0.2, 0.25) is 5.91 Å². The maximum atomic E-state index is 11.2. The molecule has 0 aromatic rings. The van der Waals surface area contributed by atoms with E-state index in [0.29, 0.717) is 5.70 Å². The van der Waals surface area contributed by atoms with Gasteiger partial charge in [-0.3, -0.25) is 4.79 Å². The molecule has 0 aliphatic heterocycles. The third-order valence-corrected chi connectivity index (χ3v) is 1.42. The van der Waals surface area contributed by atoms with Crippen LogP contribution in [0.3, 0.4) is 0 Å². The summed E-state index contributed by atoms with van der Waals surface area (Å²) in [5.41, 5.74) is 0.116. The molecule has 0 aromatic carbocycles. The second-order valence-corrected chi connectivity index (χ2v) is 3.62. The lowest BCUT2D eigenvalue weighted by Crippen LogP contribution is -2.43. The van der Waals surface area contributed by atoms with Crippen LogP contribution in [0.2, 0.25) is 0 Å². The van der Waals surface area contributed by atoms with Crippen LogP contribution in [-0.2, 0) is 4.79 Å². The van der Waals surface area contributed by atoms with Crippen molar-refractivity contribution in [2.75, 3.05) is 0 Å². The number of carbonyl (C=O) groups excluding carboxylic acids is 1. The van der Waals surface area contributed by atoms with Gasteiger partial charge < -0.3 is 4.90 Å². The molecule has 0 N–H and O–H groups in total. The molecular weight excluding hydrogens is 150 g/mol. The highest BCUT2D eigenvalue weighted by atomic mass is 16.2. The van der Waals surface area contributed by atoms with Gasteiger partial charge in [0.25, 0.3) is 0 Å². The second-order valence-electron chi connectivity index (χ2n) is 3.62. The fourth-order valence-electron chi connectivity index (χ4n) is 1.13. The molecule has 0 saturated heterocycles. The van der Waals surface area contributed by atoms with Crippen molar-refractivity contribution in [2.45, 2.75) is 33.2 Å². The number of rotatable bonds is 1. The molecule has 66 valence electrons. The molecule has 0 aliphatic carbocycles. The number of nitrogens with zero attached hydrogens (tertiary/aromatic N) is 1. The predicted molar refractivity (Wildman–Crippen MR) is 50.2 cm³/mol. The van der Waals surface area contributed by atoms with Crippen LogP contribution >= 0.6 is 0 Å². The molecule has 0 rings (SSSR count). The minimum atomic E-state index is -0.296. The molecule has 0 unspecified atom stereocenters. The standard InChI is InChI=1S/C10H15NO/c1-7-8(2)11(9(3)12)10(4,5)6/h1H,2H2,3-6H3. The Morgan fingerprint density at radius 3 is 2.00 bits per heavy atom. The number of hydrogen-bond acceptors (Lipinski definition) is 1. The molecule has 0 radical (unpaired) electrons. The Labute approximate surface area is 74.3 Å². The van der Waals surface area contributed by atoms with Gasteiger partial charge in [0.05, 0.1) is 5.70 Å². The summed E-state index contributed by atoms with van der Waals surface area (Å²) in [6.45, 7) is 10.9. The van der Waals surface area contributed by atoms with Crippen molar-refractivity contribution in [1.29, 1.82) is 0 Å². The normalized spacial score (nSPS) is 10.2. The van der Waals surface area contributed by atoms with E-state index in [-0.39, 0.29) is 11.4 Å². The number of hydrogen-bond donors (Lipinski definition) is 0. The van der Waals surface area contributed by atoms with E-state index >= 15 is 0 Å². The van der Waals surface area contributed by atoms with Crippen molar-refractivity contribution in [3.8, 4) is 12.3 Å². The van der Waals surface area contributed by atoms with Crippen LogP contribution in [0.15, 0.2) is 12.3 Å². The van der Waals surface area contributed by atoms with E-state index in [0.717, 1.165) is 0 Å². The lowest BCUT2D eigenvalue weighted by Gasteiger charge is -2.34. The number of carbonyl (C=O) groups is 1. The van der Waals surface area contributed by atoms with Crippen LogP contribution in [0.5, 0.6) is 0 Å². The average molecular weight is 165 g/mol. The molecule has 0 atom stereocenters. The number of amides is 1. The topological polar surface area (TPSA) is 20.3 Å². The summed E-state index contributed by atoms with van der Waals surface area (Å²) in [5.74, 6) is 2.29. The summed E-state index contributed by atoms with van der Waals surface area (Å²) in [5, 5.41) is 0. The lowest BCUT2D eigenvalue weighted by molar-refractivity contribution is -0.130. The minimum Gasteiger partial charge on any atom is -0.300 e. The van der Waals surface area contributed by atoms with Crippen LogP contribution in [0.4, 0.5) is 0 Å². The Morgan fingerprint density at radius 2 is 1.92 bits per heavy atom. The van der Waals surface area contributed by atoms with Crippen LogP contribution < -0.4 is 0 Å². The summed E-state index contributed by atoms with van der Waals surface area (Å²) >= 11 is 0. The van der Waals surface area contributed by atoms with E-state index < -0.39 is 0 Å². The zero-order valence-electron chi connectivity index (χ0n) is 8.14. The van der Waals surface area contributed by atoms with Gasteiger partial charge in [0.1, 0.15) is 0 Å². The Balaban J connectivity index is 4.84. The molecule has 0 aliphatic rings. The zero-order valence-corrected chi connectivity index (χ0v) is 8.14. The first-order valence-electron chi connectivity index (χ1n) is 3.77. The Bertz CT molecular complexity index is 240. The van der Waals surface area contributed by atoms with Crippen LogP contribution in [0.25, 0.3) is 0 Å². The van der Waals surface area contributed by atoms with E-state index in [1.54, 1.807) is 0 Å². The van der Waals surface area contributed by atoms with E-state index in [9.17, 15) is 4.79 Å². The lowest BCUT2D eigenvalue weighted by atomic mass is 10.1. The van der Waals surface area contributed by atoms with Crippen molar-refractivity contribution in [1.82, 2.24) is 4.90 Å². The molecule has 12 heavy (non-hydrogen) atoms. The van der Waals surface area contributed by atoms with Crippen molar-refractivity contribution in [2.24, 2.45) is 0 Å². The van der Waals surface area contributed by atoms with Gasteiger partial charge in [0, 0.05) is 12.5 Å². The smallest absolute Gasteiger partial charge is 0.224 e. The zero-order chi connectivity index (χ0) is 9.94. The quantitative estimate of drug-likeness (QED) is 0.542. The highest BCUT2D eigenvalue weighted by Gasteiger charge is 2.25. The Morgan fingerprint density at radius 1 is 1.50 bits per heavy atom. The molecule has 0 spiro atoms. The monoisotopic (exact) mass is 165 g/mol. The molecule has 2 nitrogen and oxygen atoms in total.